The van der Waals surface area contributed by atoms with E-state index in [0.29, 0.717) is 10.8 Å². The van der Waals surface area contributed by atoms with Crippen molar-refractivity contribution in [3.8, 4) is 0 Å². The standard InChI is InChI=1S/C16H20N2O2S2/c1-12-11-21-16(17-12)13-6-5-9-18(10-13)14-7-3-4-8-15(14)22(2,19)20/h3-4,7-8,11,13H,5-6,9-10H2,1-2H3. The van der Waals surface area contributed by atoms with Crippen LogP contribution in [0.1, 0.15) is 29.5 Å². The van der Waals surface area contributed by atoms with Gasteiger partial charge in [-0.25, -0.2) is 13.4 Å². The number of anilines is 1. The Balaban J connectivity index is 1.90. The van der Waals surface area contributed by atoms with Gasteiger partial charge in [0.2, 0.25) is 0 Å². The van der Waals surface area contributed by atoms with Crippen molar-refractivity contribution in [2.24, 2.45) is 0 Å². The van der Waals surface area contributed by atoms with Crippen molar-refractivity contribution in [1.82, 2.24) is 4.98 Å². The minimum absolute atomic E-state index is 0.389. The van der Waals surface area contributed by atoms with Gasteiger partial charge in [0.25, 0.3) is 0 Å². The zero-order valence-corrected chi connectivity index (χ0v) is 14.5. The van der Waals surface area contributed by atoms with Gasteiger partial charge >= 0.3 is 0 Å². The Bertz CT molecular complexity index is 768. The molecule has 6 heteroatoms. The van der Waals surface area contributed by atoms with Gasteiger partial charge in [0, 0.05) is 36.3 Å². The van der Waals surface area contributed by atoms with Crippen molar-refractivity contribution in [1.29, 1.82) is 0 Å². The van der Waals surface area contributed by atoms with Gasteiger partial charge in [-0.3, -0.25) is 0 Å². The predicted molar refractivity (Wildman–Crippen MR) is 90.6 cm³/mol. The van der Waals surface area contributed by atoms with Crippen molar-refractivity contribution in [3.05, 3.63) is 40.3 Å². The summed E-state index contributed by atoms with van der Waals surface area (Å²) < 4.78 is 24.0. The number of aromatic nitrogens is 1. The van der Waals surface area contributed by atoms with E-state index in [4.69, 9.17) is 0 Å². The molecule has 0 N–H and O–H groups in total. The summed E-state index contributed by atoms with van der Waals surface area (Å²) in [7, 11) is -3.22. The number of aryl methyl sites for hydroxylation is 1. The third-order valence-corrected chi connectivity index (χ3v) is 6.28. The third-order valence-electron chi connectivity index (χ3n) is 4.01. The molecular weight excluding hydrogens is 316 g/mol. The molecule has 2 aromatic rings. The minimum Gasteiger partial charge on any atom is -0.370 e. The molecule has 2 heterocycles. The van der Waals surface area contributed by atoms with Crippen LogP contribution >= 0.6 is 11.3 Å². The van der Waals surface area contributed by atoms with Gasteiger partial charge in [-0.05, 0) is 31.9 Å². The Morgan fingerprint density at radius 2 is 2.09 bits per heavy atom. The lowest BCUT2D eigenvalue weighted by molar-refractivity contribution is 0.505. The van der Waals surface area contributed by atoms with Crippen LogP contribution in [0.25, 0.3) is 0 Å². The molecule has 0 amide bonds. The summed E-state index contributed by atoms with van der Waals surface area (Å²) in [6.45, 7) is 3.74. The molecule has 1 aromatic heterocycles. The highest BCUT2D eigenvalue weighted by atomic mass is 32.2. The van der Waals surface area contributed by atoms with E-state index in [9.17, 15) is 8.42 Å². The molecule has 1 saturated heterocycles. The Morgan fingerprint density at radius 3 is 2.77 bits per heavy atom. The highest BCUT2D eigenvalue weighted by Crippen LogP contribution is 2.34. The Hall–Kier alpha value is -1.40. The lowest BCUT2D eigenvalue weighted by atomic mass is 9.98. The van der Waals surface area contributed by atoms with Gasteiger partial charge in [-0.15, -0.1) is 11.3 Å². The summed E-state index contributed by atoms with van der Waals surface area (Å²) in [5, 5.41) is 3.25. The maximum Gasteiger partial charge on any atom is 0.177 e. The van der Waals surface area contributed by atoms with E-state index in [1.165, 1.54) is 11.3 Å². The van der Waals surface area contributed by atoms with Crippen molar-refractivity contribution < 1.29 is 8.42 Å². The number of benzene rings is 1. The highest BCUT2D eigenvalue weighted by Gasteiger charge is 2.26. The normalized spacial score (nSPS) is 19.4. The van der Waals surface area contributed by atoms with Gasteiger partial charge in [0.05, 0.1) is 15.6 Å². The van der Waals surface area contributed by atoms with E-state index in [0.717, 1.165) is 37.3 Å². The van der Waals surface area contributed by atoms with Crippen LogP contribution < -0.4 is 4.90 Å². The largest absolute Gasteiger partial charge is 0.370 e. The zero-order chi connectivity index (χ0) is 15.7. The summed E-state index contributed by atoms with van der Waals surface area (Å²) in [6.07, 6.45) is 3.45. The van der Waals surface area contributed by atoms with Crippen LogP contribution in [0.3, 0.4) is 0 Å². The highest BCUT2D eigenvalue weighted by molar-refractivity contribution is 7.90. The topological polar surface area (TPSA) is 50.3 Å². The summed E-state index contributed by atoms with van der Waals surface area (Å²) >= 11 is 1.71. The number of hydrogen-bond donors (Lipinski definition) is 0. The van der Waals surface area contributed by atoms with Gasteiger partial charge in [0.15, 0.2) is 9.84 Å². The van der Waals surface area contributed by atoms with Crippen LogP contribution in [0, 0.1) is 6.92 Å². The average Bonchev–Trinajstić information content (AvgIpc) is 2.93. The zero-order valence-electron chi connectivity index (χ0n) is 12.8. The molecule has 1 aliphatic rings. The number of piperidine rings is 1. The van der Waals surface area contributed by atoms with Crippen LogP contribution in [0.4, 0.5) is 5.69 Å². The Kier molecular flexibility index (Phi) is 4.23. The molecule has 1 atom stereocenters. The SMILES string of the molecule is Cc1csc(C2CCCN(c3ccccc3S(C)(=O)=O)C2)n1. The summed E-state index contributed by atoms with van der Waals surface area (Å²) in [5.41, 5.74) is 1.89. The summed E-state index contributed by atoms with van der Waals surface area (Å²) in [5.74, 6) is 0.389. The second-order valence-corrected chi connectivity index (χ2v) is 8.73. The second-order valence-electron chi connectivity index (χ2n) is 5.85. The first-order chi connectivity index (χ1) is 10.4. The van der Waals surface area contributed by atoms with Gasteiger partial charge in [-0.2, -0.15) is 0 Å². The van der Waals surface area contributed by atoms with Crippen molar-refractivity contribution in [3.63, 3.8) is 0 Å². The first-order valence-corrected chi connectivity index (χ1v) is 10.2. The molecule has 1 aromatic carbocycles. The number of hydrogen-bond acceptors (Lipinski definition) is 5. The molecule has 0 spiro atoms. The smallest absolute Gasteiger partial charge is 0.177 e. The van der Waals surface area contributed by atoms with Crippen LogP contribution in [-0.2, 0) is 9.84 Å². The number of rotatable bonds is 3. The molecule has 3 rings (SSSR count). The van der Waals surface area contributed by atoms with Crippen LogP contribution in [0.5, 0.6) is 0 Å². The first kappa shape index (κ1) is 15.5. The fourth-order valence-electron chi connectivity index (χ4n) is 2.99. The monoisotopic (exact) mass is 336 g/mol. The summed E-state index contributed by atoms with van der Waals surface area (Å²) in [6, 6.07) is 7.29. The van der Waals surface area contributed by atoms with Gasteiger partial charge in [0.1, 0.15) is 0 Å². The average molecular weight is 336 g/mol. The van der Waals surface area contributed by atoms with Gasteiger partial charge in [-0.1, -0.05) is 12.1 Å². The predicted octanol–water partition coefficient (Wildman–Crippen LogP) is 3.24. The maximum atomic E-state index is 12.0. The molecule has 0 bridgehead atoms. The van der Waals surface area contributed by atoms with Crippen LogP contribution in [0.15, 0.2) is 34.5 Å². The van der Waals surface area contributed by atoms with Gasteiger partial charge < -0.3 is 4.90 Å². The lowest BCUT2D eigenvalue weighted by Gasteiger charge is -2.34. The molecule has 0 aliphatic carbocycles. The van der Waals surface area contributed by atoms with E-state index >= 15 is 0 Å². The molecule has 1 aliphatic heterocycles. The molecule has 22 heavy (non-hydrogen) atoms. The fourth-order valence-corrected chi connectivity index (χ4v) is 4.82. The van der Waals surface area contributed by atoms with E-state index in [1.54, 1.807) is 23.5 Å². The van der Waals surface area contributed by atoms with Crippen LogP contribution in [-0.4, -0.2) is 32.7 Å². The molecule has 1 fully saturated rings. The van der Waals surface area contributed by atoms with E-state index in [-0.39, 0.29) is 0 Å². The number of thiazole rings is 1. The molecule has 0 saturated carbocycles. The molecule has 0 radical (unpaired) electrons. The van der Waals surface area contributed by atoms with Crippen molar-refractivity contribution >= 4 is 26.9 Å². The molecule has 4 nitrogen and oxygen atoms in total. The van der Waals surface area contributed by atoms with E-state index in [2.05, 4.69) is 15.3 Å². The minimum atomic E-state index is -3.22. The molecule has 1 unspecified atom stereocenters. The fraction of sp³-hybridized carbons (Fsp3) is 0.438. The Morgan fingerprint density at radius 1 is 1.32 bits per heavy atom. The molecule has 118 valence electrons. The van der Waals surface area contributed by atoms with Crippen LogP contribution in [0.2, 0.25) is 0 Å². The number of nitrogens with zero attached hydrogens (tertiary/aromatic N) is 2. The van der Waals surface area contributed by atoms with Crippen molar-refractivity contribution in [2.45, 2.75) is 30.6 Å². The summed E-state index contributed by atoms with van der Waals surface area (Å²) in [4.78, 5) is 7.23. The maximum absolute atomic E-state index is 12.0. The number of para-hydroxylation sites is 1. The van der Waals surface area contributed by atoms with Crippen molar-refractivity contribution in [2.75, 3.05) is 24.2 Å². The second kappa shape index (κ2) is 6.01. The third kappa shape index (κ3) is 3.17. The van der Waals surface area contributed by atoms with E-state index in [1.807, 2.05) is 19.1 Å². The molecular formula is C16H20N2O2S2. The first-order valence-electron chi connectivity index (χ1n) is 7.41. The Labute approximate surface area is 135 Å². The number of sulfone groups is 1. The lowest BCUT2D eigenvalue weighted by Crippen LogP contribution is -2.35. The van der Waals surface area contributed by atoms with E-state index < -0.39 is 9.84 Å². The quantitative estimate of drug-likeness (QED) is 0.863.